The Hall–Kier alpha value is -2.34. The normalized spacial score (nSPS) is 26.6. The van der Waals surface area contributed by atoms with E-state index in [4.69, 9.17) is 4.74 Å². The molecule has 4 rings (SSSR count). The zero-order valence-electron chi connectivity index (χ0n) is 14.6. The van der Waals surface area contributed by atoms with E-state index in [0.29, 0.717) is 18.3 Å². The minimum absolute atomic E-state index is 0.0226. The van der Waals surface area contributed by atoms with E-state index in [1.807, 2.05) is 35.1 Å². The van der Waals surface area contributed by atoms with Gasteiger partial charge >= 0.3 is 6.03 Å². The summed E-state index contributed by atoms with van der Waals surface area (Å²) in [7, 11) is 0. The fourth-order valence-corrected chi connectivity index (χ4v) is 4.20. The maximum atomic E-state index is 12.3. The van der Waals surface area contributed by atoms with Gasteiger partial charge in [-0.05, 0) is 12.0 Å². The molecule has 0 spiro atoms. The number of nitrogens with zero attached hydrogens (tertiary/aromatic N) is 2. The molecule has 3 atom stereocenters. The zero-order chi connectivity index (χ0) is 17.4. The van der Waals surface area contributed by atoms with Crippen LogP contribution in [0.3, 0.4) is 0 Å². The maximum absolute atomic E-state index is 12.3. The lowest BCUT2D eigenvalue weighted by Gasteiger charge is -2.54. The van der Waals surface area contributed by atoms with Gasteiger partial charge in [-0.25, -0.2) is 4.79 Å². The Morgan fingerprint density at radius 3 is 2.92 bits per heavy atom. The number of carbonyl (C=O) groups is 1. The van der Waals surface area contributed by atoms with E-state index in [-0.39, 0.29) is 23.6 Å². The van der Waals surface area contributed by atoms with Crippen molar-refractivity contribution in [2.24, 2.45) is 11.3 Å². The first kappa shape index (κ1) is 16.1. The molecule has 1 aliphatic carbocycles. The molecule has 0 unspecified atom stereocenters. The first-order valence-corrected chi connectivity index (χ1v) is 8.80. The number of ether oxygens (including phenoxy) is 1. The van der Waals surface area contributed by atoms with Gasteiger partial charge in [-0.1, -0.05) is 44.2 Å². The van der Waals surface area contributed by atoms with Crippen molar-refractivity contribution in [2.75, 3.05) is 11.9 Å². The van der Waals surface area contributed by atoms with E-state index >= 15 is 0 Å². The number of anilines is 1. The second kappa shape index (κ2) is 6.19. The van der Waals surface area contributed by atoms with Crippen LogP contribution in [0.25, 0.3) is 0 Å². The monoisotopic (exact) mass is 340 g/mol. The maximum Gasteiger partial charge on any atom is 0.320 e. The molecule has 0 bridgehead atoms. The lowest BCUT2D eigenvalue weighted by molar-refractivity contribution is -0.107. The molecule has 1 saturated heterocycles. The van der Waals surface area contributed by atoms with E-state index in [1.54, 1.807) is 0 Å². The van der Waals surface area contributed by atoms with Gasteiger partial charge < -0.3 is 10.1 Å². The van der Waals surface area contributed by atoms with E-state index in [2.05, 4.69) is 41.7 Å². The Labute approximate surface area is 147 Å². The van der Waals surface area contributed by atoms with Crippen LogP contribution in [0.2, 0.25) is 0 Å². The predicted octanol–water partition coefficient (Wildman–Crippen LogP) is 2.87. The number of fused-ring (bicyclic) bond motifs is 1. The van der Waals surface area contributed by atoms with Crippen LogP contribution in [0.15, 0.2) is 42.6 Å². The van der Waals surface area contributed by atoms with Crippen molar-refractivity contribution in [1.29, 1.82) is 0 Å². The van der Waals surface area contributed by atoms with Gasteiger partial charge in [0.05, 0.1) is 12.6 Å². The number of carbonyl (C=O) groups excluding carboxylic acids is 1. The Morgan fingerprint density at radius 2 is 2.12 bits per heavy atom. The molecule has 1 saturated carbocycles. The number of hydrogen-bond acceptors (Lipinski definition) is 3. The number of benzene rings is 1. The van der Waals surface area contributed by atoms with Gasteiger partial charge in [-0.3, -0.25) is 10.00 Å². The average molecular weight is 340 g/mol. The Kier molecular flexibility index (Phi) is 4.00. The highest BCUT2D eigenvalue weighted by atomic mass is 16.5. The van der Waals surface area contributed by atoms with E-state index in [0.717, 1.165) is 13.0 Å². The third kappa shape index (κ3) is 3.02. The number of urea groups is 1. The first-order valence-electron chi connectivity index (χ1n) is 8.80. The molecule has 2 N–H and O–H groups in total. The quantitative estimate of drug-likeness (QED) is 0.899. The lowest BCUT2D eigenvalue weighted by atomic mass is 9.57. The SMILES string of the molecule is CC1(C)[C@H](NC(=O)Nc2ccn(Cc3ccccc3)n2)[C@@H]2CCO[C@H]21. The van der Waals surface area contributed by atoms with Gasteiger partial charge in [0.2, 0.25) is 0 Å². The van der Waals surface area contributed by atoms with Crippen molar-refractivity contribution in [3.63, 3.8) is 0 Å². The fourth-order valence-electron chi connectivity index (χ4n) is 4.20. The number of nitrogens with one attached hydrogen (secondary N) is 2. The standard InChI is InChI=1S/C19H24N4O2/c1-19(2)16(14-9-11-25-17(14)19)21-18(24)20-15-8-10-23(22-15)12-13-6-4-3-5-7-13/h3-8,10,14,16-17H,9,11-12H2,1-2H3,(H2,20,21,22,24)/t14-,16+,17+/m0/s1. The molecule has 2 amide bonds. The molecular weight excluding hydrogens is 316 g/mol. The summed E-state index contributed by atoms with van der Waals surface area (Å²) < 4.78 is 7.59. The Morgan fingerprint density at radius 1 is 1.32 bits per heavy atom. The average Bonchev–Trinajstić information content (AvgIpc) is 3.22. The molecule has 132 valence electrons. The van der Waals surface area contributed by atoms with Crippen molar-refractivity contribution >= 4 is 11.8 Å². The molecule has 1 aromatic carbocycles. The van der Waals surface area contributed by atoms with Gasteiger partial charge in [-0.15, -0.1) is 0 Å². The number of rotatable bonds is 4. The molecule has 6 heteroatoms. The molecule has 1 aliphatic heterocycles. The third-order valence-corrected chi connectivity index (χ3v) is 5.46. The van der Waals surface area contributed by atoms with E-state index in [9.17, 15) is 4.79 Å². The summed E-state index contributed by atoms with van der Waals surface area (Å²) in [6, 6.07) is 11.9. The van der Waals surface area contributed by atoms with Crippen LogP contribution in [0, 0.1) is 11.3 Å². The lowest BCUT2D eigenvalue weighted by Crippen LogP contribution is -2.67. The Bertz CT molecular complexity index is 756. The summed E-state index contributed by atoms with van der Waals surface area (Å²) >= 11 is 0. The summed E-state index contributed by atoms with van der Waals surface area (Å²) in [6.07, 6.45) is 3.16. The second-order valence-electron chi connectivity index (χ2n) is 7.53. The molecule has 2 aromatic rings. The minimum atomic E-state index is -0.201. The zero-order valence-corrected chi connectivity index (χ0v) is 14.6. The second-order valence-corrected chi connectivity index (χ2v) is 7.53. The van der Waals surface area contributed by atoms with Gasteiger partial charge in [0, 0.05) is 36.2 Å². The van der Waals surface area contributed by atoms with Crippen molar-refractivity contribution in [2.45, 2.75) is 39.0 Å². The molecule has 0 radical (unpaired) electrons. The molecule has 25 heavy (non-hydrogen) atoms. The van der Waals surface area contributed by atoms with Gasteiger partial charge in [0.25, 0.3) is 0 Å². The van der Waals surface area contributed by atoms with Crippen LogP contribution in [-0.2, 0) is 11.3 Å². The molecular formula is C19H24N4O2. The van der Waals surface area contributed by atoms with Gasteiger partial charge in [-0.2, -0.15) is 5.10 Å². The minimum Gasteiger partial charge on any atom is -0.377 e. The van der Waals surface area contributed by atoms with Crippen molar-refractivity contribution in [3.05, 3.63) is 48.2 Å². The highest BCUT2D eigenvalue weighted by Crippen LogP contribution is 2.52. The summed E-state index contributed by atoms with van der Waals surface area (Å²) in [5.41, 5.74) is 1.15. The van der Waals surface area contributed by atoms with Crippen molar-refractivity contribution in [3.8, 4) is 0 Å². The van der Waals surface area contributed by atoms with Crippen LogP contribution in [0.5, 0.6) is 0 Å². The largest absolute Gasteiger partial charge is 0.377 e. The van der Waals surface area contributed by atoms with Crippen LogP contribution < -0.4 is 10.6 Å². The van der Waals surface area contributed by atoms with Crippen LogP contribution >= 0.6 is 0 Å². The van der Waals surface area contributed by atoms with Gasteiger partial charge in [0.15, 0.2) is 5.82 Å². The summed E-state index contributed by atoms with van der Waals surface area (Å²) in [5, 5.41) is 10.4. The summed E-state index contributed by atoms with van der Waals surface area (Å²) in [5.74, 6) is 0.987. The Balaban J connectivity index is 1.34. The van der Waals surface area contributed by atoms with E-state index in [1.165, 1.54) is 5.56 Å². The summed E-state index contributed by atoms with van der Waals surface area (Å²) in [4.78, 5) is 12.3. The van der Waals surface area contributed by atoms with Crippen molar-refractivity contribution < 1.29 is 9.53 Å². The highest BCUT2D eigenvalue weighted by Gasteiger charge is 2.59. The molecule has 2 heterocycles. The number of hydrogen-bond donors (Lipinski definition) is 2. The fraction of sp³-hybridized carbons (Fsp3) is 0.474. The van der Waals surface area contributed by atoms with Crippen molar-refractivity contribution in [1.82, 2.24) is 15.1 Å². The van der Waals surface area contributed by atoms with Gasteiger partial charge in [0.1, 0.15) is 0 Å². The number of aromatic nitrogens is 2. The highest BCUT2D eigenvalue weighted by molar-refractivity contribution is 5.88. The third-order valence-electron chi connectivity index (χ3n) is 5.46. The molecule has 2 aliphatic rings. The molecule has 1 aromatic heterocycles. The summed E-state index contributed by atoms with van der Waals surface area (Å²) in [6.45, 7) is 5.78. The van der Waals surface area contributed by atoms with Crippen LogP contribution in [-0.4, -0.2) is 34.6 Å². The van der Waals surface area contributed by atoms with E-state index < -0.39 is 0 Å². The molecule has 2 fully saturated rings. The topological polar surface area (TPSA) is 68.2 Å². The van der Waals surface area contributed by atoms with Crippen LogP contribution in [0.1, 0.15) is 25.8 Å². The smallest absolute Gasteiger partial charge is 0.320 e. The van der Waals surface area contributed by atoms with Crippen LogP contribution in [0.4, 0.5) is 10.6 Å². The molecule has 6 nitrogen and oxygen atoms in total. The number of amides is 2. The first-order chi connectivity index (χ1) is 12.0. The predicted molar refractivity (Wildman–Crippen MR) is 95.3 cm³/mol.